The minimum atomic E-state index is -0.851. The molecule has 0 aliphatic carbocycles. The lowest BCUT2D eigenvalue weighted by atomic mass is 9.98. The Balaban J connectivity index is 2.68. The third kappa shape index (κ3) is 1.76. The minimum Gasteiger partial charge on any atom is -0.480 e. The Morgan fingerprint density at radius 1 is 1.75 bits per heavy atom. The summed E-state index contributed by atoms with van der Waals surface area (Å²) in [4.78, 5) is 10.9. The third-order valence-electron chi connectivity index (χ3n) is 2.29. The molecule has 12 heavy (non-hydrogen) atoms. The van der Waals surface area contributed by atoms with Gasteiger partial charge in [-0.25, -0.2) is 0 Å². The molecule has 1 fully saturated rings. The van der Waals surface area contributed by atoms with E-state index in [0.717, 1.165) is 13.0 Å². The molecule has 0 saturated carbocycles. The molecule has 1 aliphatic heterocycles. The number of hydrogen-bond donors (Lipinski definition) is 2. The molecule has 1 atom stereocenters. The van der Waals surface area contributed by atoms with Crippen molar-refractivity contribution in [2.45, 2.75) is 25.3 Å². The van der Waals surface area contributed by atoms with Crippen molar-refractivity contribution in [2.75, 3.05) is 19.8 Å². The van der Waals surface area contributed by atoms with Gasteiger partial charge in [-0.1, -0.05) is 6.92 Å². The highest BCUT2D eigenvalue weighted by molar-refractivity contribution is 5.79. The van der Waals surface area contributed by atoms with Gasteiger partial charge >= 0.3 is 5.97 Å². The fourth-order valence-electron chi connectivity index (χ4n) is 1.31. The first-order valence-electron chi connectivity index (χ1n) is 4.27. The molecule has 1 unspecified atom stereocenters. The Hall–Kier alpha value is -0.610. The van der Waals surface area contributed by atoms with E-state index >= 15 is 0 Å². The van der Waals surface area contributed by atoms with E-state index in [1.165, 1.54) is 0 Å². The molecular weight excluding hydrogens is 158 g/mol. The highest BCUT2D eigenvalue weighted by Gasteiger charge is 2.37. The van der Waals surface area contributed by atoms with Gasteiger partial charge in [0.2, 0.25) is 0 Å². The first-order chi connectivity index (χ1) is 5.71. The lowest BCUT2D eigenvalue weighted by molar-refractivity contribution is -0.147. The topological polar surface area (TPSA) is 58.6 Å². The molecule has 0 aromatic rings. The monoisotopic (exact) mass is 173 g/mol. The second-order valence-corrected chi connectivity index (χ2v) is 3.07. The molecule has 0 amide bonds. The number of carbonyl (C=O) groups is 1. The molecule has 1 saturated heterocycles. The smallest absolute Gasteiger partial charge is 0.326 e. The van der Waals surface area contributed by atoms with E-state index in [4.69, 9.17) is 9.84 Å². The molecule has 70 valence electrons. The lowest BCUT2D eigenvalue weighted by Gasteiger charge is -2.26. The molecule has 0 radical (unpaired) electrons. The van der Waals surface area contributed by atoms with Crippen molar-refractivity contribution in [1.82, 2.24) is 5.32 Å². The van der Waals surface area contributed by atoms with Gasteiger partial charge in [0.15, 0.2) is 0 Å². The van der Waals surface area contributed by atoms with Crippen molar-refractivity contribution in [1.29, 1.82) is 0 Å². The molecule has 4 heteroatoms. The van der Waals surface area contributed by atoms with Crippen LogP contribution in [-0.2, 0) is 9.53 Å². The molecule has 2 N–H and O–H groups in total. The van der Waals surface area contributed by atoms with Crippen molar-refractivity contribution in [3.8, 4) is 0 Å². The standard InChI is InChI=1S/C8H15NO3/c1-2-8(7(10)11)6-12-5-3-4-9-8/h9H,2-6H2,1H3,(H,10,11). The number of rotatable bonds is 2. The third-order valence-corrected chi connectivity index (χ3v) is 2.29. The van der Waals surface area contributed by atoms with E-state index in [1.54, 1.807) is 0 Å². The second-order valence-electron chi connectivity index (χ2n) is 3.07. The Morgan fingerprint density at radius 2 is 2.50 bits per heavy atom. The van der Waals surface area contributed by atoms with Crippen molar-refractivity contribution < 1.29 is 14.6 Å². The highest BCUT2D eigenvalue weighted by Crippen LogP contribution is 2.13. The predicted molar refractivity (Wildman–Crippen MR) is 44.1 cm³/mol. The van der Waals surface area contributed by atoms with Crippen molar-refractivity contribution in [3.05, 3.63) is 0 Å². The van der Waals surface area contributed by atoms with Crippen LogP contribution in [0.2, 0.25) is 0 Å². The van der Waals surface area contributed by atoms with Crippen molar-refractivity contribution in [3.63, 3.8) is 0 Å². The van der Waals surface area contributed by atoms with E-state index in [1.807, 2.05) is 6.92 Å². The zero-order valence-corrected chi connectivity index (χ0v) is 7.30. The number of carboxylic acids is 1. The van der Waals surface area contributed by atoms with Crippen LogP contribution < -0.4 is 5.32 Å². The number of hydrogen-bond acceptors (Lipinski definition) is 3. The highest BCUT2D eigenvalue weighted by atomic mass is 16.5. The quantitative estimate of drug-likeness (QED) is 0.627. The lowest BCUT2D eigenvalue weighted by Crippen LogP contribution is -2.54. The Kier molecular flexibility index (Phi) is 3.05. The van der Waals surface area contributed by atoms with Gasteiger partial charge < -0.3 is 9.84 Å². The summed E-state index contributed by atoms with van der Waals surface area (Å²) < 4.78 is 5.22. The largest absolute Gasteiger partial charge is 0.480 e. The molecule has 1 heterocycles. The zero-order chi connectivity index (χ0) is 9.03. The SMILES string of the molecule is CCC1(C(=O)O)COCCCN1. The first kappa shape index (κ1) is 9.48. The van der Waals surface area contributed by atoms with Gasteiger partial charge in [0, 0.05) is 6.61 Å². The number of carboxylic acid groups (broad SMARTS) is 1. The van der Waals surface area contributed by atoms with E-state index in [9.17, 15) is 4.79 Å². The van der Waals surface area contributed by atoms with Crippen molar-refractivity contribution >= 4 is 5.97 Å². The summed E-state index contributed by atoms with van der Waals surface area (Å²) in [7, 11) is 0. The Labute approximate surface area is 71.9 Å². The summed E-state index contributed by atoms with van der Waals surface area (Å²) in [6.45, 7) is 3.51. The molecule has 4 nitrogen and oxygen atoms in total. The fraction of sp³-hybridized carbons (Fsp3) is 0.875. The van der Waals surface area contributed by atoms with Crippen LogP contribution in [0.1, 0.15) is 19.8 Å². The van der Waals surface area contributed by atoms with Crippen LogP contribution in [0.5, 0.6) is 0 Å². The molecule has 0 aromatic carbocycles. The van der Waals surface area contributed by atoms with Gasteiger partial charge in [-0.05, 0) is 19.4 Å². The van der Waals surface area contributed by atoms with E-state index in [-0.39, 0.29) is 6.61 Å². The average Bonchev–Trinajstić information content (AvgIpc) is 2.29. The maximum absolute atomic E-state index is 10.9. The predicted octanol–water partition coefficient (Wildman–Crippen LogP) is 0.230. The van der Waals surface area contributed by atoms with E-state index in [0.29, 0.717) is 13.0 Å². The second kappa shape index (κ2) is 3.87. The first-order valence-corrected chi connectivity index (χ1v) is 4.27. The van der Waals surface area contributed by atoms with Crippen LogP contribution in [0, 0.1) is 0 Å². The van der Waals surface area contributed by atoms with Crippen LogP contribution in [0.4, 0.5) is 0 Å². The van der Waals surface area contributed by atoms with Gasteiger partial charge in [-0.2, -0.15) is 0 Å². The number of ether oxygens (including phenoxy) is 1. The average molecular weight is 173 g/mol. The van der Waals surface area contributed by atoms with Crippen LogP contribution in [0.25, 0.3) is 0 Å². The number of aliphatic carboxylic acids is 1. The molecule has 1 rings (SSSR count). The molecule has 0 aromatic heterocycles. The maximum Gasteiger partial charge on any atom is 0.326 e. The van der Waals surface area contributed by atoms with Crippen LogP contribution in [0.3, 0.4) is 0 Å². The van der Waals surface area contributed by atoms with Crippen molar-refractivity contribution in [2.24, 2.45) is 0 Å². The zero-order valence-electron chi connectivity index (χ0n) is 7.30. The van der Waals surface area contributed by atoms with Gasteiger partial charge in [0.25, 0.3) is 0 Å². The molecule has 0 bridgehead atoms. The summed E-state index contributed by atoms with van der Waals surface area (Å²) in [6, 6.07) is 0. The van der Waals surface area contributed by atoms with Crippen LogP contribution in [-0.4, -0.2) is 36.4 Å². The summed E-state index contributed by atoms with van der Waals surface area (Å²) in [6.07, 6.45) is 1.44. The fourth-order valence-corrected chi connectivity index (χ4v) is 1.31. The van der Waals surface area contributed by atoms with Gasteiger partial charge in [0.1, 0.15) is 5.54 Å². The van der Waals surface area contributed by atoms with E-state index < -0.39 is 11.5 Å². The minimum absolute atomic E-state index is 0.277. The molecular formula is C8H15NO3. The summed E-state index contributed by atoms with van der Waals surface area (Å²) in [5, 5.41) is 12.0. The van der Waals surface area contributed by atoms with Gasteiger partial charge in [-0.3, -0.25) is 10.1 Å². The molecule has 0 spiro atoms. The van der Waals surface area contributed by atoms with Crippen LogP contribution in [0.15, 0.2) is 0 Å². The Bertz CT molecular complexity index is 162. The molecule has 1 aliphatic rings. The van der Waals surface area contributed by atoms with Gasteiger partial charge in [0.05, 0.1) is 6.61 Å². The summed E-state index contributed by atoms with van der Waals surface area (Å²) >= 11 is 0. The normalized spacial score (nSPS) is 31.1. The number of nitrogens with one attached hydrogen (secondary N) is 1. The van der Waals surface area contributed by atoms with Gasteiger partial charge in [-0.15, -0.1) is 0 Å². The summed E-state index contributed by atoms with van der Waals surface area (Å²) in [5.41, 5.74) is -0.851. The van der Waals surface area contributed by atoms with Crippen LogP contribution >= 0.6 is 0 Å². The Morgan fingerprint density at radius 3 is 3.08 bits per heavy atom. The van der Waals surface area contributed by atoms with E-state index in [2.05, 4.69) is 5.32 Å². The maximum atomic E-state index is 10.9. The summed E-state index contributed by atoms with van der Waals surface area (Å²) in [5.74, 6) is -0.813.